The predicted octanol–water partition coefficient (Wildman–Crippen LogP) is 3.29. The molecule has 0 saturated heterocycles. The van der Waals surface area contributed by atoms with Gasteiger partial charge in [0.15, 0.2) is 0 Å². The number of hydrogen-bond acceptors (Lipinski definition) is 3. The van der Waals surface area contributed by atoms with Gasteiger partial charge in [-0.25, -0.2) is 0 Å². The molecule has 0 unspecified atom stereocenters. The fraction of sp³-hybridized carbons (Fsp3) is 0.471. The third-order valence-electron chi connectivity index (χ3n) is 3.43. The highest BCUT2D eigenvalue weighted by Crippen LogP contribution is 2.24. The van der Waals surface area contributed by atoms with Crippen molar-refractivity contribution in [3.63, 3.8) is 0 Å². The maximum atomic E-state index is 6.05. The van der Waals surface area contributed by atoms with Gasteiger partial charge in [-0.05, 0) is 32.4 Å². The zero-order valence-corrected chi connectivity index (χ0v) is 13.2. The van der Waals surface area contributed by atoms with Crippen molar-refractivity contribution in [3.8, 4) is 5.75 Å². The number of para-hydroxylation sites is 1. The van der Waals surface area contributed by atoms with Crippen LogP contribution in [-0.4, -0.2) is 16.3 Å². The molecule has 0 spiro atoms. The van der Waals surface area contributed by atoms with Crippen LogP contribution >= 0.6 is 0 Å². The summed E-state index contributed by atoms with van der Waals surface area (Å²) in [6.07, 6.45) is 5.04. The topological polar surface area (TPSA) is 39.1 Å². The number of aromatic nitrogens is 2. The average Bonchev–Trinajstić information content (AvgIpc) is 2.95. The van der Waals surface area contributed by atoms with E-state index in [0.29, 0.717) is 6.61 Å². The molecule has 0 aliphatic rings. The van der Waals surface area contributed by atoms with Gasteiger partial charge in [0.2, 0.25) is 0 Å². The van der Waals surface area contributed by atoms with Gasteiger partial charge in [-0.2, -0.15) is 5.10 Å². The minimum Gasteiger partial charge on any atom is -0.488 e. The summed E-state index contributed by atoms with van der Waals surface area (Å²) in [5, 5.41) is 7.71. The van der Waals surface area contributed by atoms with Crippen molar-refractivity contribution in [1.82, 2.24) is 15.1 Å². The van der Waals surface area contributed by atoms with Gasteiger partial charge in [-0.1, -0.05) is 25.1 Å². The number of nitrogens with one attached hydrogen (secondary N) is 1. The normalized spacial score (nSPS) is 10.8. The van der Waals surface area contributed by atoms with E-state index >= 15 is 0 Å². The molecule has 4 heteroatoms. The molecule has 114 valence electrons. The van der Waals surface area contributed by atoms with Gasteiger partial charge in [-0.15, -0.1) is 0 Å². The van der Waals surface area contributed by atoms with E-state index in [1.165, 1.54) is 11.1 Å². The molecule has 0 aliphatic carbocycles. The van der Waals surface area contributed by atoms with E-state index in [2.05, 4.69) is 49.4 Å². The van der Waals surface area contributed by atoms with Gasteiger partial charge in [0.25, 0.3) is 0 Å². The number of ether oxygens (including phenoxy) is 1. The van der Waals surface area contributed by atoms with Crippen LogP contribution in [-0.2, 0) is 19.7 Å². The van der Waals surface area contributed by atoms with Gasteiger partial charge in [-0.3, -0.25) is 4.68 Å². The summed E-state index contributed by atoms with van der Waals surface area (Å²) in [6.45, 7) is 9.66. The summed E-state index contributed by atoms with van der Waals surface area (Å²) in [5.74, 6) is 0.991. The quantitative estimate of drug-likeness (QED) is 0.757. The lowest BCUT2D eigenvalue weighted by Gasteiger charge is -2.14. The fourth-order valence-corrected chi connectivity index (χ4v) is 2.27. The average molecular weight is 287 g/mol. The molecule has 4 nitrogen and oxygen atoms in total. The molecule has 0 atom stereocenters. The second-order valence-corrected chi connectivity index (χ2v) is 5.23. The lowest BCUT2D eigenvalue weighted by molar-refractivity contribution is 0.300. The third kappa shape index (κ3) is 4.33. The summed E-state index contributed by atoms with van der Waals surface area (Å²) in [7, 11) is 0. The van der Waals surface area contributed by atoms with Crippen LogP contribution in [0.2, 0.25) is 0 Å². The monoisotopic (exact) mass is 287 g/mol. The Morgan fingerprint density at radius 2 is 2.14 bits per heavy atom. The molecule has 0 amide bonds. The minimum atomic E-state index is 0.561. The van der Waals surface area contributed by atoms with E-state index in [1.807, 2.05) is 17.1 Å². The Balaban J connectivity index is 2.03. The maximum absolute atomic E-state index is 6.05. The van der Waals surface area contributed by atoms with Crippen LogP contribution in [0.15, 0.2) is 30.6 Å². The standard InChI is InChI=1S/C17H25N3O/c1-4-9-18-11-16-8-6-7-14(3)17(16)21-13-15-10-19-20(5-2)12-15/h6-8,10,12,18H,4-5,9,11,13H2,1-3H3. The Bertz CT molecular complexity index is 563. The van der Waals surface area contributed by atoms with Crippen LogP contribution in [0.4, 0.5) is 0 Å². The summed E-state index contributed by atoms with van der Waals surface area (Å²) >= 11 is 0. The molecule has 2 aromatic rings. The van der Waals surface area contributed by atoms with Gasteiger partial charge in [0.1, 0.15) is 12.4 Å². The van der Waals surface area contributed by atoms with Crippen molar-refractivity contribution in [2.24, 2.45) is 0 Å². The highest BCUT2D eigenvalue weighted by Gasteiger charge is 2.08. The van der Waals surface area contributed by atoms with Crippen molar-refractivity contribution in [2.45, 2.75) is 46.9 Å². The molecular formula is C17H25N3O. The van der Waals surface area contributed by atoms with E-state index in [4.69, 9.17) is 4.74 Å². The van der Waals surface area contributed by atoms with E-state index in [9.17, 15) is 0 Å². The SMILES string of the molecule is CCCNCc1cccc(C)c1OCc1cnn(CC)c1. The Labute approximate surface area is 127 Å². The molecule has 0 aliphatic heterocycles. The first-order valence-corrected chi connectivity index (χ1v) is 7.68. The van der Waals surface area contributed by atoms with Gasteiger partial charge < -0.3 is 10.1 Å². The summed E-state index contributed by atoms with van der Waals surface area (Å²) < 4.78 is 7.97. The first-order valence-electron chi connectivity index (χ1n) is 7.68. The second-order valence-electron chi connectivity index (χ2n) is 5.23. The molecule has 2 rings (SSSR count). The molecule has 0 saturated carbocycles. The largest absolute Gasteiger partial charge is 0.488 e. The van der Waals surface area contributed by atoms with Crippen molar-refractivity contribution in [2.75, 3.05) is 6.54 Å². The maximum Gasteiger partial charge on any atom is 0.127 e. The molecule has 21 heavy (non-hydrogen) atoms. The summed E-state index contributed by atoms with van der Waals surface area (Å²) in [6, 6.07) is 6.30. The predicted molar refractivity (Wildman–Crippen MR) is 85.4 cm³/mol. The zero-order chi connectivity index (χ0) is 15.1. The van der Waals surface area contributed by atoms with Crippen LogP contribution in [0, 0.1) is 6.92 Å². The Kier molecular flexibility index (Phi) is 5.81. The highest BCUT2D eigenvalue weighted by atomic mass is 16.5. The Morgan fingerprint density at radius 1 is 1.29 bits per heavy atom. The van der Waals surface area contributed by atoms with Crippen LogP contribution < -0.4 is 10.1 Å². The first-order chi connectivity index (χ1) is 10.2. The van der Waals surface area contributed by atoms with Crippen LogP contribution in [0.5, 0.6) is 5.75 Å². The molecule has 0 radical (unpaired) electrons. The number of nitrogens with zero attached hydrogens (tertiary/aromatic N) is 2. The van der Waals surface area contributed by atoms with Crippen molar-refractivity contribution in [3.05, 3.63) is 47.3 Å². The second kappa shape index (κ2) is 7.84. The Morgan fingerprint density at radius 3 is 2.86 bits per heavy atom. The van der Waals surface area contributed by atoms with E-state index in [1.54, 1.807) is 0 Å². The Hall–Kier alpha value is -1.81. The number of benzene rings is 1. The summed E-state index contributed by atoms with van der Waals surface area (Å²) in [5.41, 5.74) is 3.49. The van der Waals surface area contributed by atoms with Crippen LogP contribution in [0.1, 0.15) is 37.0 Å². The van der Waals surface area contributed by atoms with Gasteiger partial charge in [0.05, 0.1) is 6.20 Å². The van der Waals surface area contributed by atoms with Gasteiger partial charge in [0, 0.05) is 30.4 Å². The number of hydrogen-bond donors (Lipinski definition) is 1. The molecular weight excluding hydrogens is 262 g/mol. The molecule has 1 heterocycles. The van der Waals surface area contributed by atoms with Crippen molar-refractivity contribution < 1.29 is 4.74 Å². The van der Waals surface area contributed by atoms with Gasteiger partial charge >= 0.3 is 0 Å². The van der Waals surface area contributed by atoms with Crippen molar-refractivity contribution in [1.29, 1.82) is 0 Å². The third-order valence-corrected chi connectivity index (χ3v) is 3.43. The highest BCUT2D eigenvalue weighted by molar-refractivity contribution is 5.40. The summed E-state index contributed by atoms with van der Waals surface area (Å²) in [4.78, 5) is 0. The fourth-order valence-electron chi connectivity index (χ4n) is 2.27. The smallest absolute Gasteiger partial charge is 0.127 e. The van der Waals surface area contributed by atoms with E-state index in [0.717, 1.165) is 37.4 Å². The van der Waals surface area contributed by atoms with E-state index < -0.39 is 0 Å². The lowest BCUT2D eigenvalue weighted by Crippen LogP contribution is -2.15. The molecule has 0 bridgehead atoms. The number of aryl methyl sites for hydroxylation is 2. The molecule has 1 aromatic carbocycles. The van der Waals surface area contributed by atoms with E-state index in [-0.39, 0.29) is 0 Å². The minimum absolute atomic E-state index is 0.561. The molecule has 1 aromatic heterocycles. The van der Waals surface area contributed by atoms with Crippen LogP contribution in [0.3, 0.4) is 0 Å². The first kappa shape index (κ1) is 15.6. The number of rotatable bonds is 8. The molecule has 0 fully saturated rings. The molecule has 1 N–H and O–H groups in total. The zero-order valence-electron chi connectivity index (χ0n) is 13.2. The van der Waals surface area contributed by atoms with Crippen LogP contribution in [0.25, 0.3) is 0 Å². The lowest BCUT2D eigenvalue weighted by atomic mass is 10.1. The van der Waals surface area contributed by atoms with Crippen molar-refractivity contribution >= 4 is 0 Å².